The third-order valence-electron chi connectivity index (χ3n) is 3.66. The number of carbonyl (C=O) groups is 1. The molecule has 0 aliphatic heterocycles. The molecule has 1 rings (SSSR count). The van der Waals surface area contributed by atoms with Gasteiger partial charge in [0.15, 0.2) is 11.5 Å². The van der Waals surface area contributed by atoms with Gasteiger partial charge in [-0.2, -0.15) is 5.10 Å². The second kappa shape index (κ2) is 11.5. The lowest BCUT2D eigenvalue weighted by atomic mass is 10.1. The van der Waals surface area contributed by atoms with Gasteiger partial charge >= 0.3 is 0 Å². The molecule has 0 unspecified atom stereocenters. The zero-order valence-corrected chi connectivity index (χ0v) is 14.7. The normalized spacial score (nSPS) is 12.2. The van der Waals surface area contributed by atoms with E-state index in [0.717, 1.165) is 31.2 Å². The Balaban J connectivity index is 2.37. The van der Waals surface area contributed by atoms with E-state index < -0.39 is 6.10 Å². The van der Waals surface area contributed by atoms with Gasteiger partial charge in [-0.15, -0.1) is 0 Å². The van der Waals surface area contributed by atoms with Crippen LogP contribution in [-0.4, -0.2) is 37.6 Å². The summed E-state index contributed by atoms with van der Waals surface area (Å²) in [7, 11) is 3.13. The van der Waals surface area contributed by atoms with Gasteiger partial charge < -0.3 is 14.6 Å². The van der Waals surface area contributed by atoms with Gasteiger partial charge in [-0.05, 0) is 36.6 Å². The molecule has 1 aromatic carbocycles. The van der Waals surface area contributed by atoms with Crippen molar-refractivity contribution >= 4 is 12.1 Å². The summed E-state index contributed by atoms with van der Waals surface area (Å²) in [5.74, 6) is 1.03. The molecule has 1 amide bonds. The Morgan fingerprint density at radius 2 is 2.00 bits per heavy atom. The van der Waals surface area contributed by atoms with Gasteiger partial charge in [0, 0.05) is 6.42 Å². The average Bonchev–Trinajstić information content (AvgIpc) is 2.60. The maximum atomic E-state index is 11.7. The molecule has 6 nitrogen and oxygen atoms in total. The lowest BCUT2D eigenvalue weighted by molar-refractivity contribution is -0.121. The van der Waals surface area contributed by atoms with Crippen LogP contribution in [0.2, 0.25) is 0 Å². The number of hydrogen-bond acceptors (Lipinski definition) is 5. The zero-order valence-electron chi connectivity index (χ0n) is 14.7. The smallest absolute Gasteiger partial charge is 0.240 e. The van der Waals surface area contributed by atoms with E-state index in [1.807, 2.05) is 6.07 Å². The predicted molar refractivity (Wildman–Crippen MR) is 94.7 cm³/mol. The highest BCUT2D eigenvalue weighted by Gasteiger charge is 2.07. The molecule has 0 radical (unpaired) electrons. The van der Waals surface area contributed by atoms with Gasteiger partial charge in [0.05, 0.1) is 26.5 Å². The van der Waals surface area contributed by atoms with Gasteiger partial charge in [-0.25, -0.2) is 5.43 Å². The first kappa shape index (κ1) is 20.0. The fourth-order valence-corrected chi connectivity index (χ4v) is 2.24. The molecule has 0 heterocycles. The largest absolute Gasteiger partial charge is 0.493 e. The minimum atomic E-state index is -0.419. The van der Waals surface area contributed by atoms with Gasteiger partial charge in [0.2, 0.25) is 5.91 Å². The summed E-state index contributed by atoms with van der Waals surface area (Å²) in [6, 6.07) is 5.36. The third-order valence-corrected chi connectivity index (χ3v) is 3.66. The van der Waals surface area contributed by atoms with Crippen molar-refractivity contribution in [3.63, 3.8) is 0 Å². The van der Waals surface area contributed by atoms with E-state index in [-0.39, 0.29) is 12.3 Å². The summed E-state index contributed by atoms with van der Waals surface area (Å²) in [5.41, 5.74) is 3.25. The number of hydrazone groups is 1. The van der Waals surface area contributed by atoms with Crippen LogP contribution in [0.1, 0.15) is 51.0 Å². The van der Waals surface area contributed by atoms with Gasteiger partial charge in [0.1, 0.15) is 0 Å². The van der Waals surface area contributed by atoms with Crippen molar-refractivity contribution in [2.45, 2.75) is 51.6 Å². The molecule has 0 aromatic heterocycles. The van der Waals surface area contributed by atoms with Crippen molar-refractivity contribution < 1.29 is 19.4 Å². The van der Waals surface area contributed by atoms with Crippen LogP contribution in [0, 0.1) is 0 Å². The summed E-state index contributed by atoms with van der Waals surface area (Å²) in [6.45, 7) is 2.12. The number of ether oxygens (including phenoxy) is 2. The first-order chi connectivity index (χ1) is 11.6. The van der Waals surface area contributed by atoms with Crippen molar-refractivity contribution in [1.29, 1.82) is 0 Å². The van der Waals surface area contributed by atoms with E-state index in [2.05, 4.69) is 17.5 Å². The number of nitrogens with zero attached hydrogens (tertiary/aromatic N) is 1. The molecule has 134 valence electrons. The highest BCUT2D eigenvalue weighted by molar-refractivity contribution is 5.83. The number of unbranched alkanes of at least 4 members (excludes halogenated alkanes) is 2. The Hall–Kier alpha value is -2.08. The van der Waals surface area contributed by atoms with E-state index >= 15 is 0 Å². The first-order valence-electron chi connectivity index (χ1n) is 8.32. The van der Waals surface area contributed by atoms with Gasteiger partial charge in [-0.3, -0.25) is 4.79 Å². The summed E-state index contributed by atoms with van der Waals surface area (Å²) in [5, 5.41) is 13.7. The van der Waals surface area contributed by atoms with E-state index in [4.69, 9.17) is 9.47 Å². The number of rotatable bonds is 11. The van der Waals surface area contributed by atoms with E-state index in [0.29, 0.717) is 17.9 Å². The van der Waals surface area contributed by atoms with Crippen LogP contribution in [0.5, 0.6) is 11.5 Å². The molecule has 0 saturated heterocycles. The SMILES string of the molecule is CCCCC[C@H](O)CCC(=O)N/N=C\c1ccc(OC)c(OC)c1. The van der Waals surface area contributed by atoms with Crippen molar-refractivity contribution in [3.05, 3.63) is 23.8 Å². The maximum absolute atomic E-state index is 11.7. The van der Waals surface area contributed by atoms with Crippen molar-refractivity contribution in [3.8, 4) is 11.5 Å². The number of aliphatic hydroxyl groups excluding tert-OH is 1. The second-order valence-electron chi connectivity index (χ2n) is 5.60. The number of amides is 1. The fourth-order valence-electron chi connectivity index (χ4n) is 2.24. The first-order valence-corrected chi connectivity index (χ1v) is 8.32. The lowest BCUT2D eigenvalue weighted by Crippen LogP contribution is -2.19. The van der Waals surface area contributed by atoms with Crippen LogP contribution < -0.4 is 14.9 Å². The number of nitrogens with one attached hydrogen (secondary N) is 1. The van der Waals surface area contributed by atoms with Crippen molar-refractivity contribution in [1.82, 2.24) is 5.43 Å². The van der Waals surface area contributed by atoms with Crippen LogP contribution in [0.25, 0.3) is 0 Å². The molecule has 0 spiro atoms. The molecule has 1 atom stereocenters. The highest BCUT2D eigenvalue weighted by atomic mass is 16.5. The molecule has 0 fully saturated rings. The average molecular weight is 336 g/mol. The van der Waals surface area contributed by atoms with Crippen molar-refractivity contribution in [2.24, 2.45) is 5.10 Å². The number of aliphatic hydroxyl groups is 1. The Bertz CT molecular complexity index is 532. The molecular formula is C18H28N2O4. The van der Waals surface area contributed by atoms with Crippen LogP contribution in [0.3, 0.4) is 0 Å². The minimum absolute atomic E-state index is 0.207. The topological polar surface area (TPSA) is 80.2 Å². The standard InChI is InChI=1S/C18H28N2O4/c1-4-5-6-7-15(21)9-11-18(22)20-19-13-14-8-10-16(23-2)17(12-14)24-3/h8,10,12-13,15,21H,4-7,9,11H2,1-3H3,(H,20,22)/b19-13-/t15-/m0/s1. The minimum Gasteiger partial charge on any atom is -0.493 e. The molecule has 0 aliphatic rings. The molecule has 0 bridgehead atoms. The molecule has 2 N–H and O–H groups in total. The van der Waals surface area contributed by atoms with Gasteiger partial charge in [0.25, 0.3) is 0 Å². The molecular weight excluding hydrogens is 308 g/mol. The van der Waals surface area contributed by atoms with Gasteiger partial charge in [-0.1, -0.05) is 26.2 Å². The summed E-state index contributed by atoms with van der Waals surface area (Å²) in [4.78, 5) is 11.7. The zero-order chi connectivity index (χ0) is 17.8. The number of benzene rings is 1. The summed E-state index contributed by atoms with van der Waals surface area (Å²) < 4.78 is 10.4. The van der Waals surface area contributed by atoms with Crippen molar-refractivity contribution in [2.75, 3.05) is 14.2 Å². The van der Waals surface area contributed by atoms with E-state index in [9.17, 15) is 9.90 Å². The van der Waals surface area contributed by atoms with E-state index in [1.165, 1.54) is 6.21 Å². The summed E-state index contributed by atoms with van der Waals surface area (Å²) in [6.07, 6.45) is 5.82. The van der Waals surface area contributed by atoms with Crippen LogP contribution in [0.4, 0.5) is 0 Å². The molecule has 6 heteroatoms. The lowest BCUT2D eigenvalue weighted by Gasteiger charge is -2.09. The maximum Gasteiger partial charge on any atom is 0.240 e. The molecule has 0 saturated carbocycles. The Morgan fingerprint density at radius 3 is 2.67 bits per heavy atom. The molecule has 24 heavy (non-hydrogen) atoms. The molecule has 1 aromatic rings. The van der Waals surface area contributed by atoms with Crippen LogP contribution in [-0.2, 0) is 4.79 Å². The number of hydrogen-bond donors (Lipinski definition) is 2. The Kier molecular flexibility index (Phi) is 9.53. The highest BCUT2D eigenvalue weighted by Crippen LogP contribution is 2.26. The molecule has 0 aliphatic carbocycles. The number of carbonyl (C=O) groups excluding carboxylic acids is 1. The predicted octanol–water partition coefficient (Wildman–Crippen LogP) is 2.88. The number of methoxy groups -OCH3 is 2. The Labute approximate surface area is 143 Å². The van der Waals surface area contributed by atoms with E-state index in [1.54, 1.807) is 26.4 Å². The summed E-state index contributed by atoms with van der Waals surface area (Å²) >= 11 is 0. The second-order valence-corrected chi connectivity index (χ2v) is 5.60. The van der Waals surface area contributed by atoms with Crippen LogP contribution in [0.15, 0.2) is 23.3 Å². The third kappa shape index (κ3) is 7.46. The quantitative estimate of drug-likeness (QED) is 0.370. The fraction of sp³-hybridized carbons (Fsp3) is 0.556. The van der Waals surface area contributed by atoms with Crippen LogP contribution >= 0.6 is 0 Å². The monoisotopic (exact) mass is 336 g/mol. The Morgan fingerprint density at radius 1 is 1.25 bits per heavy atom.